The van der Waals surface area contributed by atoms with Crippen molar-refractivity contribution in [2.45, 2.75) is 0 Å². The molecule has 1 aliphatic rings. The average Bonchev–Trinajstić information content (AvgIpc) is 2.94. The molecule has 2 aromatic carbocycles. The smallest absolute Gasteiger partial charge is 0.141 e. The molecule has 1 saturated heterocycles. The number of halogens is 1. The van der Waals surface area contributed by atoms with Gasteiger partial charge in [0.2, 0.25) is 0 Å². The SMILES string of the molecule is N/C=C(\C=NCCN1CCOCC1)c1ccc2c(Nc3ccnc(-c4ccccc4F)c3)ncnc2c1. The minimum Gasteiger partial charge on any atom is -0.404 e. The number of fused-ring (bicyclic) bond motifs is 1. The topological polar surface area (TPSA) is 102 Å². The van der Waals surface area contributed by atoms with Gasteiger partial charge in [-0.25, -0.2) is 14.4 Å². The van der Waals surface area contributed by atoms with Gasteiger partial charge in [0.25, 0.3) is 0 Å². The van der Waals surface area contributed by atoms with Crippen molar-refractivity contribution in [2.24, 2.45) is 10.7 Å². The zero-order valence-corrected chi connectivity index (χ0v) is 20.3. The van der Waals surface area contributed by atoms with Gasteiger partial charge in [0.15, 0.2) is 0 Å². The van der Waals surface area contributed by atoms with Crippen molar-refractivity contribution >= 4 is 34.2 Å². The predicted octanol–water partition coefficient (Wildman–Crippen LogP) is 4.28. The average molecular weight is 498 g/mol. The number of allylic oxidation sites excluding steroid dienone is 1. The molecule has 3 N–H and O–H groups in total. The van der Waals surface area contributed by atoms with E-state index in [4.69, 9.17) is 10.5 Å². The summed E-state index contributed by atoms with van der Waals surface area (Å²) in [7, 11) is 0. The molecule has 2 aromatic heterocycles. The lowest BCUT2D eigenvalue weighted by molar-refractivity contribution is 0.0395. The van der Waals surface area contributed by atoms with Crippen LogP contribution >= 0.6 is 0 Å². The van der Waals surface area contributed by atoms with Crippen LogP contribution in [0.25, 0.3) is 27.7 Å². The molecule has 1 aliphatic heterocycles. The Morgan fingerprint density at radius 1 is 1.08 bits per heavy atom. The highest BCUT2D eigenvalue weighted by Crippen LogP contribution is 2.28. The van der Waals surface area contributed by atoms with Crippen LogP contribution in [0.2, 0.25) is 0 Å². The van der Waals surface area contributed by atoms with Gasteiger partial charge in [0.05, 0.1) is 31.0 Å². The van der Waals surface area contributed by atoms with Crippen LogP contribution in [0.15, 0.2) is 78.3 Å². The molecular weight excluding hydrogens is 469 g/mol. The molecule has 0 amide bonds. The minimum absolute atomic E-state index is 0.319. The molecule has 3 heterocycles. The lowest BCUT2D eigenvalue weighted by atomic mass is 10.1. The summed E-state index contributed by atoms with van der Waals surface area (Å²) in [6, 6.07) is 16.1. The van der Waals surface area contributed by atoms with Gasteiger partial charge in [-0.05, 0) is 42.0 Å². The molecule has 9 heteroatoms. The van der Waals surface area contributed by atoms with E-state index in [0.717, 1.165) is 60.6 Å². The van der Waals surface area contributed by atoms with Gasteiger partial charge in [0, 0.05) is 60.5 Å². The number of nitrogens with zero attached hydrogens (tertiary/aromatic N) is 5. The van der Waals surface area contributed by atoms with Gasteiger partial charge in [0.1, 0.15) is 18.0 Å². The first-order valence-electron chi connectivity index (χ1n) is 12.2. The Morgan fingerprint density at radius 2 is 1.95 bits per heavy atom. The third kappa shape index (κ3) is 5.96. The molecule has 1 fully saturated rings. The predicted molar refractivity (Wildman–Crippen MR) is 145 cm³/mol. The number of hydrogen-bond donors (Lipinski definition) is 2. The Kier molecular flexibility index (Phi) is 7.73. The van der Waals surface area contributed by atoms with E-state index in [1.165, 1.54) is 12.4 Å². The van der Waals surface area contributed by atoms with Crippen molar-refractivity contribution < 1.29 is 9.13 Å². The fourth-order valence-corrected chi connectivity index (χ4v) is 4.20. The van der Waals surface area contributed by atoms with E-state index in [0.29, 0.717) is 23.6 Å². The summed E-state index contributed by atoms with van der Waals surface area (Å²) in [4.78, 5) is 20.1. The Labute approximate surface area is 214 Å². The van der Waals surface area contributed by atoms with Crippen LogP contribution in [0.5, 0.6) is 0 Å². The van der Waals surface area contributed by atoms with Crippen LogP contribution < -0.4 is 11.1 Å². The lowest BCUT2D eigenvalue weighted by Gasteiger charge is -2.25. The summed E-state index contributed by atoms with van der Waals surface area (Å²) < 4.78 is 19.6. The Bertz CT molecular complexity index is 1430. The molecule has 0 spiro atoms. The van der Waals surface area contributed by atoms with Crippen molar-refractivity contribution in [3.8, 4) is 11.3 Å². The van der Waals surface area contributed by atoms with Crippen molar-refractivity contribution in [3.05, 3.63) is 84.7 Å². The van der Waals surface area contributed by atoms with Crippen LogP contribution in [0.1, 0.15) is 5.56 Å². The molecule has 37 heavy (non-hydrogen) atoms. The van der Waals surface area contributed by atoms with Gasteiger partial charge in [-0.2, -0.15) is 0 Å². The molecule has 0 atom stereocenters. The first-order chi connectivity index (χ1) is 18.2. The number of pyridine rings is 1. The summed E-state index contributed by atoms with van der Waals surface area (Å²) in [5, 5.41) is 4.16. The Balaban J connectivity index is 1.32. The first kappa shape index (κ1) is 24.5. The largest absolute Gasteiger partial charge is 0.404 e. The molecule has 188 valence electrons. The lowest BCUT2D eigenvalue weighted by Crippen LogP contribution is -2.37. The van der Waals surface area contributed by atoms with E-state index in [-0.39, 0.29) is 5.82 Å². The molecule has 4 aromatic rings. The Hall–Kier alpha value is -4.21. The molecular formula is C28H28FN7O. The monoisotopic (exact) mass is 497 g/mol. The molecule has 8 nitrogen and oxygen atoms in total. The molecule has 0 saturated carbocycles. The van der Waals surface area contributed by atoms with Crippen molar-refractivity contribution in [1.29, 1.82) is 0 Å². The summed E-state index contributed by atoms with van der Waals surface area (Å²) in [5.41, 5.74) is 10.1. The quantitative estimate of drug-likeness (QED) is 0.351. The zero-order valence-electron chi connectivity index (χ0n) is 20.3. The van der Waals surface area contributed by atoms with E-state index >= 15 is 0 Å². The second-order valence-corrected chi connectivity index (χ2v) is 8.60. The van der Waals surface area contributed by atoms with Crippen molar-refractivity contribution in [3.63, 3.8) is 0 Å². The van der Waals surface area contributed by atoms with Gasteiger partial charge in [-0.1, -0.05) is 18.2 Å². The van der Waals surface area contributed by atoms with Crippen LogP contribution in [0.3, 0.4) is 0 Å². The van der Waals surface area contributed by atoms with Gasteiger partial charge in [-0.15, -0.1) is 0 Å². The minimum atomic E-state index is -0.319. The number of hydrogen-bond acceptors (Lipinski definition) is 8. The van der Waals surface area contributed by atoms with Crippen molar-refractivity contribution in [2.75, 3.05) is 44.7 Å². The maximum absolute atomic E-state index is 14.2. The third-order valence-corrected chi connectivity index (χ3v) is 6.20. The van der Waals surface area contributed by atoms with Crippen LogP contribution in [0.4, 0.5) is 15.9 Å². The number of morpholine rings is 1. The number of aromatic nitrogens is 3. The number of benzene rings is 2. The van der Waals surface area contributed by atoms with E-state index in [9.17, 15) is 4.39 Å². The number of nitrogens with one attached hydrogen (secondary N) is 1. The van der Waals surface area contributed by atoms with E-state index in [2.05, 4.69) is 30.2 Å². The number of ether oxygens (including phenoxy) is 1. The van der Waals surface area contributed by atoms with Gasteiger partial charge in [-0.3, -0.25) is 14.9 Å². The number of aliphatic imine (C=N–C) groups is 1. The molecule has 0 bridgehead atoms. The molecule has 0 aliphatic carbocycles. The molecule has 0 unspecified atom stereocenters. The molecule has 0 radical (unpaired) electrons. The number of rotatable bonds is 8. The standard InChI is InChI=1S/C28H28FN7O/c29-25-4-2-1-3-23(25)27-16-22(7-8-32-27)35-28-24-6-5-20(15-26(24)33-19-34-28)21(17-30)18-31-9-10-36-11-13-37-14-12-36/h1-8,15-19H,9-14,30H2,(H,32,33,34,35)/b21-17+,31-18?. The van der Waals surface area contributed by atoms with Crippen LogP contribution in [-0.4, -0.2) is 65.5 Å². The number of nitrogens with two attached hydrogens (primary N) is 1. The summed E-state index contributed by atoms with van der Waals surface area (Å²) >= 11 is 0. The maximum Gasteiger partial charge on any atom is 0.141 e. The van der Waals surface area contributed by atoms with E-state index in [1.807, 2.05) is 30.5 Å². The Morgan fingerprint density at radius 3 is 2.78 bits per heavy atom. The second-order valence-electron chi connectivity index (χ2n) is 8.60. The third-order valence-electron chi connectivity index (χ3n) is 6.20. The number of anilines is 2. The summed E-state index contributed by atoms with van der Waals surface area (Å²) in [6.07, 6.45) is 6.52. The maximum atomic E-state index is 14.2. The first-order valence-corrected chi connectivity index (χ1v) is 12.2. The second kappa shape index (κ2) is 11.7. The zero-order chi connectivity index (χ0) is 25.5. The summed E-state index contributed by atoms with van der Waals surface area (Å²) in [6.45, 7) is 5.04. The van der Waals surface area contributed by atoms with Gasteiger partial charge < -0.3 is 15.8 Å². The van der Waals surface area contributed by atoms with E-state index in [1.54, 1.807) is 36.7 Å². The van der Waals surface area contributed by atoms with Gasteiger partial charge >= 0.3 is 0 Å². The highest BCUT2D eigenvalue weighted by atomic mass is 19.1. The highest BCUT2D eigenvalue weighted by Gasteiger charge is 2.11. The van der Waals surface area contributed by atoms with Crippen molar-refractivity contribution in [1.82, 2.24) is 19.9 Å². The fraction of sp³-hybridized carbons (Fsp3) is 0.214. The van der Waals surface area contributed by atoms with Crippen LogP contribution in [-0.2, 0) is 4.74 Å². The summed E-state index contributed by atoms with van der Waals surface area (Å²) in [5.74, 6) is 0.320. The van der Waals surface area contributed by atoms with E-state index < -0.39 is 0 Å². The van der Waals surface area contributed by atoms with Crippen LogP contribution in [0, 0.1) is 5.82 Å². The fourth-order valence-electron chi connectivity index (χ4n) is 4.20. The molecule has 5 rings (SSSR count). The highest BCUT2D eigenvalue weighted by molar-refractivity contribution is 6.10. The normalized spacial score (nSPS) is 14.9.